The van der Waals surface area contributed by atoms with E-state index in [9.17, 15) is 13.2 Å². The Morgan fingerprint density at radius 2 is 1.91 bits per heavy atom. The lowest BCUT2D eigenvalue weighted by molar-refractivity contribution is -0.121. The highest BCUT2D eigenvalue weighted by Gasteiger charge is 2.24. The number of nitrogens with two attached hydrogens (primary N) is 1. The Morgan fingerprint density at radius 1 is 1.18 bits per heavy atom. The second-order valence-electron chi connectivity index (χ2n) is 7.27. The van der Waals surface area contributed by atoms with Crippen molar-refractivity contribution in [3.63, 3.8) is 0 Å². The largest absolute Gasteiger partial charge is 0.482 e. The molecule has 0 aliphatic carbocycles. The molecule has 1 amide bonds. The minimum Gasteiger partial charge on any atom is -0.482 e. The van der Waals surface area contributed by atoms with Gasteiger partial charge in [0, 0.05) is 17.9 Å². The molecule has 1 aliphatic rings. The highest BCUT2D eigenvalue weighted by molar-refractivity contribution is 7.89. The number of likely N-dealkylation sites (N-methyl/N-ethyl adjacent to an activating group) is 1. The summed E-state index contributed by atoms with van der Waals surface area (Å²) in [5.41, 5.74) is 2.26. The number of anilines is 5. The Hall–Kier alpha value is -3.41. The van der Waals surface area contributed by atoms with Crippen LogP contribution in [-0.4, -0.2) is 37.4 Å². The smallest absolute Gasteiger partial charge is 0.265 e. The van der Waals surface area contributed by atoms with Crippen LogP contribution in [0.5, 0.6) is 5.75 Å². The predicted molar refractivity (Wildman–Crippen MR) is 126 cm³/mol. The molecule has 0 bridgehead atoms. The molecule has 0 radical (unpaired) electrons. The van der Waals surface area contributed by atoms with Gasteiger partial charge in [-0.2, -0.15) is 4.98 Å². The van der Waals surface area contributed by atoms with Gasteiger partial charge in [0.1, 0.15) is 10.8 Å². The van der Waals surface area contributed by atoms with Crippen molar-refractivity contribution in [1.29, 1.82) is 0 Å². The van der Waals surface area contributed by atoms with Gasteiger partial charge in [0.15, 0.2) is 12.4 Å². The van der Waals surface area contributed by atoms with Gasteiger partial charge in [0.05, 0.1) is 16.8 Å². The number of ether oxygens (including phenoxy) is 1. The summed E-state index contributed by atoms with van der Waals surface area (Å²) in [6.45, 7) is 4.06. The molecule has 10 nitrogen and oxygen atoms in total. The third-order valence-electron chi connectivity index (χ3n) is 4.98. The van der Waals surface area contributed by atoms with Gasteiger partial charge in [-0.15, -0.1) is 0 Å². The summed E-state index contributed by atoms with van der Waals surface area (Å²) in [4.78, 5) is 22.3. The number of primary sulfonamides is 1. The Bertz CT molecular complexity index is 1350. The minimum atomic E-state index is -3.87. The van der Waals surface area contributed by atoms with Crippen LogP contribution in [0, 0.1) is 6.92 Å². The number of benzene rings is 2. The molecule has 1 aliphatic heterocycles. The molecule has 0 spiro atoms. The zero-order valence-corrected chi connectivity index (χ0v) is 19.4. The molecule has 33 heavy (non-hydrogen) atoms. The second-order valence-corrected chi connectivity index (χ2v) is 9.21. The molecule has 0 saturated carbocycles. The number of rotatable bonds is 6. The van der Waals surface area contributed by atoms with E-state index in [1.807, 2.05) is 6.92 Å². The van der Waals surface area contributed by atoms with E-state index in [2.05, 4.69) is 20.6 Å². The van der Waals surface area contributed by atoms with Crippen LogP contribution in [-0.2, 0) is 14.8 Å². The number of aryl methyl sites for hydroxylation is 1. The van der Waals surface area contributed by atoms with Gasteiger partial charge in [-0.25, -0.2) is 18.5 Å². The van der Waals surface area contributed by atoms with Crippen LogP contribution in [0.25, 0.3) is 0 Å². The molecule has 4 N–H and O–H groups in total. The Kier molecular flexibility index (Phi) is 6.11. The lowest BCUT2D eigenvalue weighted by Crippen LogP contribution is -2.38. The number of hydrogen-bond donors (Lipinski definition) is 3. The van der Waals surface area contributed by atoms with Crippen LogP contribution >= 0.6 is 11.6 Å². The quantitative estimate of drug-likeness (QED) is 0.480. The summed E-state index contributed by atoms with van der Waals surface area (Å²) in [7, 11) is -3.87. The van der Waals surface area contributed by atoms with E-state index in [4.69, 9.17) is 21.5 Å². The van der Waals surface area contributed by atoms with Gasteiger partial charge >= 0.3 is 0 Å². The highest BCUT2D eigenvalue weighted by Crippen LogP contribution is 2.36. The van der Waals surface area contributed by atoms with E-state index in [-0.39, 0.29) is 28.4 Å². The Balaban J connectivity index is 1.60. The minimum absolute atomic E-state index is 0.00566. The van der Waals surface area contributed by atoms with Gasteiger partial charge in [-0.05, 0) is 49.7 Å². The first-order valence-electron chi connectivity index (χ1n) is 9.93. The lowest BCUT2D eigenvalue weighted by Gasteiger charge is -2.28. The van der Waals surface area contributed by atoms with Gasteiger partial charge in [0.2, 0.25) is 16.0 Å². The zero-order valence-electron chi connectivity index (χ0n) is 17.8. The molecule has 12 heteroatoms. The second kappa shape index (κ2) is 8.85. The summed E-state index contributed by atoms with van der Waals surface area (Å²) in [5.74, 6) is 1.01. The van der Waals surface area contributed by atoms with Crippen molar-refractivity contribution in [1.82, 2.24) is 9.97 Å². The average molecular weight is 489 g/mol. The molecule has 172 valence electrons. The van der Waals surface area contributed by atoms with Crippen molar-refractivity contribution in [2.75, 3.05) is 28.7 Å². The van der Waals surface area contributed by atoms with E-state index in [0.29, 0.717) is 40.7 Å². The number of aromatic nitrogens is 2. The summed E-state index contributed by atoms with van der Waals surface area (Å²) < 4.78 is 29.1. The number of carbonyl (C=O) groups excluding carboxylic acids is 1. The fourth-order valence-electron chi connectivity index (χ4n) is 3.39. The molecule has 1 aromatic heterocycles. The first-order chi connectivity index (χ1) is 15.7. The topological polar surface area (TPSA) is 140 Å². The number of amides is 1. The normalized spacial score (nSPS) is 13.3. The van der Waals surface area contributed by atoms with Crippen molar-refractivity contribution in [2.45, 2.75) is 18.7 Å². The van der Waals surface area contributed by atoms with Crippen LogP contribution in [0.2, 0.25) is 5.02 Å². The van der Waals surface area contributed by atoms with E-state index >= 15 is 0 Å². The zero-order chi connectivity index (χ0) is 23.8. The number of sulfonamides is 1. The molecule has 0 saturated heterocycles. The standard InChI is InChI=1S/C21H21ClN6O4S/c1-3-28-16-8-13(6-7-17(16)32-11-19(28)29)25-20-15(22)10-24-21(27-20)26-14-5-4-12(2)18(9-14)33(23,30)31/h4-10H,3,11H2,1-2H3,(H2,23,30,31)(H2,24,25,26,27). The molecule has 2 heterocycles. The predicted octanol–water partition coefficient (Wildman–Crippen LogP) is 3.32. The Morgan fingerprint density at radius 3 is 2.64 bits per heavy atom. The van der Waals surface area contributed by atoms with Crippen LogP contribution in [0.3, 0.4) is 0 Å². The summed E-state index contributed by atoms with van der Waals surface area (Å²) in [5, 5.41) is 11.6. The summed E-state index contributed by atoms with van der Waals surface area (Å²) in [6, 6.07) is 10.1. The summed E-state index contributed by atoms with van der Waals surface area (Å²) in [6.07, 6.45) is 1.41. The highest BCUT2D eigenvalue weighted by atomic mass is 35.5. The van der Waals surface area contributed by atoms with E-state index in [1.165, 1.54) is 12.3 Å². The van der Waals surface area contributed by atoms with E-state index in [0.717, 1.165) is 0 Å². The fourth-order valence-corrected chi connectivity index (χ4v) is 4.34. The number of halogens is 1. The fraction of sp³-hybridized carbons (Fsp3) is 0.190. The van der Waals surface area contributed by atoms with Crippen molar-refractivity contribution in [3.05, 3.63) is 53.2 Å². The maximum atomic E-state index is 12.1. The molecule has 0 unspecified atom stereocenters. The number of nitrogens with one attached hydrogen (secondary N) is 2. The van der Waals surface area contributed by atoms with Crippen molar-refractivity contribution in [3.8, 4) is 5.75 Å². The Labute approximate surface area is 195 Å². The average Bonchev–Trinajstić information content (AvgIpc) is 2.76. The van der Waals surface area contributed by atoms with Crippen LogP contribution < -0.4 is 25.4 Å². The number of carbonyl (C=O) groups is 1. The van der Waals surface area contributed by atoms with Crippen molar-refractivity contribution < 1.29 is 17.9 Å². The third-order valence-corrected chi connectivity index (χ3v) is 6.31. The van der Waals surface area contributed by atoms with Gasteiger partial charge in [0.25, 0.3) is 5.91 Å². The molecular weight excluding hydrogens is 468 g/mol. The molecule has 3 aromatic rings. The third kappa shape index (κ3) is 4.85. The van der Waals surface area contributed by atoms with Crippen molar-refractivity contribution in [2.24, 2.45) is 5.14 Å². The molecule has 2 aromatic carbocycles. The SMILES string of the molecule is CCN1C(=O)COc2ccc(Nc3nc(Nc4ccc(C)c(S(N)(=O)=O)c4)ncc3Cl)cc21. The number of nitrogens with zero attached hydrogens (tertiary/aromatic N) is 3. The lowest BCUT2D eigenvalue weighted by atomic mass is 10.2. The van der Waals surface area contributed by atoms with Crippen molar-refractivity contribution >= 4 is 56.4 Å². The number of hydrogen-bond acceptors (Lipinski definition) is 8. The number of fused-ring (bicyclic) bond motifs is 1. The molecule has 0 atom stereocenters. The summed E-state index contributed by atoms with van der Waals surface area (Å²) >= 11 is 6.28. The van der Waals surface area contributed by atoms with Crippen LogP contribution in [0.4, 0.5) is 28.8 Å². The maximum absolute atomic E-state index is 12.1. The van der Waals surface area contributed by atoms with Crippen LogP contribution in [0.15, 0.2) is 47.5 Å². The van der Waals surface area contributed by atoms with Gasteiger partial charge in [-0.3, -0.25) is 4.79 Å². The first-order valence-corrected chi connectivity index (χ1v) is 11.9. The maximum Gasteiger partial charge on any atom is 0.265 e. The van der Waals surface area contributed by atoms with E-state index < -0.39 is 10.0 Å². The van der Waals surface area contributed by atoms with Gasteiger partial charge < -0.3 is 20.3 Å². The molecule has 0 fully saturated rings. The molecule has 4 rings (SSSR count). The monoisotopic (exact) mass is 488 g/mol. The first kappa shape index (κ1) is 22.8. The van der Waals surface area contributed by atoms with Gasteiger partial charge in [-0.1, -0.05) is 17.7 Å². The van der Waals surface area contributed by atoms with Crippen LogP contribution in [0.1, 0.15) is 12.5 Å². The van der Waals surface area contributed by atoms with E-state index in [1.54, 1.807) is 42.2 Å². The molecular formula is C21H21ClN6O4S.